The van der Waals surface area contributed by atoms with Gasteiger partial charge in [0.1, 0.15) is 5.75 Å². The van der Waals surface area contributed by atoms with Gasteiger partial charge in [-0.05, 0) is 25.1 Å². The Morgan fingerprint density at radius 3 is 2.65 bits per heavy atom. The second-order valence-corrected chi connectivity index (χ2v) is 3.79. The summed E-state index contributed by atoms with van der Waals surface area (Å²) in [5.41, 5.74) is 0.976. The van der Waals surface area contributed by atoms with E-state index in [0.717, 1.165) is 5.56 Å². The highest BCUT2D eigenvalue weighted by atomic mass is 19.4. The van der Waals surface area contributed by atoms with Gasteiger partial charge in [0.15, 0.2) is 0 Å². The number of hydrogen-bond donors (Lipinski definition) is 0. The first-order valence-electron chi connectivity index (χ1n) is 4.87. The van der Waals surface area contributed by atoms with Gasteiger partial charge in [-0.3, -0.25) is 0 Å². The number of halogens is 3. The fourth-order valence-electron chi connectivity index (χ4n) is 1.66. The molecule has 0 saturated carbocycles. The van der Waals surface area contributed by atoms with Crippen LogP contribution in [0.1, 0.15) is 11.1 Å². The third kappa shape index (κ3) is 2.11. The van der Waals surface area contributed by atoms with Gasteiger partial charge in [0.25, 0.3) is 0 Å². The molecule has 0 saturated heterocycles. The predicted molar refractivity (Wildman–Crippen MR) is 55.2 cm³/mol. The molecule has 0 aliphatic carbocycles. The largest absolute Gasteiger partial charge is 0.475 e. The molecule has 1 aliphatic rings. The van der Waals surface area contributed by atoms with Gasteiger partial charge >= 0.3 is 6.18 Å². The lowest BCUT2D eigenvalue weighted by Gasteiger charge is -2.25. The molecule has 5 heteroatoms. The molecule has 1 aromatic carbocycles. The van der Waals surface area contributed by atoms with Crippen LogP contribution >= 0.6 is 0 Å². The number of alkyl halides is 3. The number of hydrogen-bond acceptors (Lipinski definition) is 2. The van der Waals surface area contributed by atoms with Crippen molar-refractivity contribution in [1.29, 1.82) is 5.26 Å². The van der Waals surface area contributed by atoms with E-state index in [4.69, 9.17) is 10.00 Å². The van der Waals surface area contributed by atoms with Crippen molar-refractivity contribution in [3.8, 4) is 11.8 Å². The van der Waals surface area contributed by atoms with Gasteiger partial charge in [-0.1, -0.05) is 11.6 Å². The maximum absolute atomic E-state index is 12.6. The van der Waals surface area contributed by atoms with Crippen molar-refractivity contribution in [2.24, 2.45) is 0 Å². The fraction of sp³-hybridized carbons (Fsp3) is 0.250. The molecule has 1 atom stereocenters. The summed E-state index contributed by atoms with van der Waals surface area (Å²) in [5, 5.41) is 8.72. The van der Waals surface area contributed by atoms with Crippen LogP contribution in [-0.2, 0) is 0 Å². The molecule has 1 aromatic rings. The molecule has 0 bridgehead atoms. The molecule has 0 aromatic heterocycles. The third-order valence-electron chi connectivity index (χ3n) is 2.43. The molecular weight excluding hydrogens is 231 g/mol. The van der Waals surface area contributed by atoms with Crippen LogP contribution in [0.3, 0.4) is 0 Å². The fourth-order valence-corrected chi connectivity index (χ4v) is 1.66. The lowest BCUT2D eigenvalue weighted by molar-refractivity contribution is -0.182. The lowest BCUT2D eigenvalue weighted by atomic mass is 10.0. The summed E-state index contributed by atoms with van der Waals surface area (Å²) in [4.78, 5) is 0. The number of aryl methyl sites for hydroxylation is 1. The minimum Gasteiger partial charge on any atom is -0.475 e. The van der Waals surface area contributed by atoms with Crippen LogP contribution in [0.5, 0.6) is 5.75 Å². The Morgan fingerprint density at radius 2 is 2.06 bits per heavy atom. The summed E-state index contributed by atoms with van der Waals surface area (Å²) in [5.74, 6) is 0.150. The summed E-state index contributed by atoms with van der Waals surface area (Å²) in [6.45, 7) is 1.82. The standard InChI is InChI=1S/C12H8F3NO/c1-7-2-3-10-8(4-7)5-9(6-16)11(17-10)12(13,14)15/h2-5,11H,1H3/t11-/m0/s1. The molecule has 0 spiro atoms. The van der Waals surface area contributed by atoms with Crippen LogP contribution in [0.25, 0.3) is 6.08 Å². The number of benzene rings is 1. The Kier molecular flexibility index (Phi) is 2.58. The molecular formula is C12H8F3NO. The maximum atomic E-state index is 12.6. The van der Waals surface area contributed by atoms with E-state index < -0.39 is 17.9 Å². The quantitative estimate of drug-likeness (QED) is 0.696. The van der Waals surface area contributed by atoms with E-state index in [0.29, 0.717) is 5.56 Å². The van der Waals surface area contributed by atoms with Gasteiger partial charge in [0.2, 0.25) is 6.10 Å². The van der Waals surface area contributed by atoms with E-state index in [1.165, 1.54) is 18.2 Å². The first-order chi connectivity index (χ1) is 7.91. The number of ether oxygens (including phenoxy) is 1. The molecule has 2 nitrogen and oxygen atoms in total. The van der Waals surface area contributed by atoms with Gasteiger partial charge in [-0.25, -0.2) is 0 Å². The van der Waals surface area contributed by atoms with Gasteiger partial charge in [0.05, 0.1) is 11.6 Å². The Hall–Kier alpha value is -1.96. The Morgan fingerprint density at radius 1 is 1.35 bits per heavy atom. The smallest absolute Gasteiger partial charge is 0.430 e. The first kappa shape index (κ1) is 11.5. The van der Waals surface area contributed by atoms with E-state index in [9.17, 15) is 13.2 Å². The van der Waals surface area contributed by atoms with Gasteiger partial charge in [0, 0.05) is 5.56 Å². The second-order valence-electron chi connectivity index (χ2n) is 3.79. The Bertz CT molecular complexity index is 526. The predicted octanol–water partition coefficient (Wildman–Crippen LogP) is 3.23. The number of fused-ring (bicyclic) bond motifs is 1. The minimum atomic E-state index is -4.58. The van der Waals surface area contributed by atoms with Crippen molar-refractivity contribution >= 4 is 6.08 Å². The lowest BCUT2D eigenvalue weighted by Crippen LogP contribution is -2.37. The molecule has 1 heterocycles. The van der Waals surface area contributed by atoms with Crippen molar-refractivity contribution in [3.05, 3.63) is 34.9 Å². The summed E-state index contributed by atoms with van der Waals surface area (Å²) >= 11 is 0. The molecule has 17 heavy (non-hydrogen) atoms. The normalized spacial score (nSPS) is 18.8. The monoisotopic (exact) mass is 239 g/mol. The topological polar surface area (TPSA) is 33.0 Å². The maximum Gasteiger partial charge on any atom is 0.430 e. The zero-order valence-corrected chi connectivity index (χ0v) is 8.88. The van der Waals surface area contributed by atoms with E-state index in [1.54, 1.807) is 12.1 Å². The molecule has 0 unspecified atom stereocenters. The van der Waals surface area contributed by atoms with Crippen molar-refractivity contribution in [3.63, 3.8) is 0 Å². The van der Waals surface area contributed by atoms with Crippen LogP contribution in [0, 0.1) is 18.3 Å². The zero-order chi connectivity index (χ0) is 12.6. The SMILES string of the molecule is Cc1ccc2c(c1)C=C(C#N)[C@@H](C(F)(F)F)O2. The van der Waals surface area contributed by atoms with Crippen molar-refractivity contribution in [2.45, 2.75) is 19.2 Å². The molecule has 0 fully saturated rings. The number of nitriles is 1. The molecule has 0 N–H and O–H groups in total. The van der Waals surface area contributed by atoms with Gasteiger partial charge in [-0.15, -0.1) is 0 Å². The highest BCUT2D eigenvalue weighted by Gasteiger charge is 2.46. The summed E-state index contributed by atoms with van der Waals surface area (Å²) in [6.07, 6.45) is -5.52. The summed E-state index contributed by atoms with van der Waals surface area (Å²) < 4.78 is 42.7. The molecule has 88 valence electrons. The average molecular weight is 239 g/mol. The van der Waals surface area contributed by atoms with Crippen LogP contribution in [0.15, 0.2) is 23.8 Å². The third-order valence-corrected chi connectivity index (χ3v) is 2.43. The number of rotatable bonds is 0. The average Bonchev–Trinajstić information content (AvgIpc) is 2.25. The summed E-state index contributed by atoms with van der Waals surface area (Å²) in [6, 6.07) is 6.36. The Labute approximate surface area is 95.9 Å². The second kappa shape index (κ2) is 3.81. The molecule has 2 rings (SSSR count). The molecule has 0 amide bonds. The van der Waals surface area contributed by atoms with E-state index in [-0.39, 0.29) is 5.75 Å². The minimum absolute atomic E-state index is 0.150. The van der Waals surface area contributed by atoms with E-state index >= 15 is 0 Å². The molecule has 0 radical (unpaired) electrons. The van der Waals surface area contributed by atoms with Crippen molar-refractivity contribution < 1.29 is 17.9 Å². The van der Waals surface area contributed by atoms with Gasteiger partial charge in [-0.2, -0.15) is 18.4 Å². The number of nitrogens with zero attached hydrogens (tertiary/aromatic N) is 1. The molecule has 1 aliphatic heterocycles. The van der Waals surface area contributed by atoms with E-state index in [2.05, 4.69) is 0 Å². The van der Waals surface area contributed by atoms with Gasteiger partial charge < -0.3 is 4.74 Å². The van der Waals surface area contributed by atoms with Crippen LogP contribution in [0.2, 0.25) is 0 Å². The van der Waals surface area contributed by atoms with Crippen LogP contribution < -0.4 is 4.74 Å². The van der Waals surface area contributed by atoms with Crippen molar-refractivity contribution in [1.82, 2.24) is 0 Å². The Balaban J connectivity index is 2.50. The van der Waals surface area contributed by atoms with Crippen LogP contribution in [-0.4, -0.2) is 12.3 Å². The van der Waals surface area contributed by atoms with Crippen molar-refractivity contribution in [2.75, 3.05) is 0 Å². The highest BCUT2D eigenvalue weighted by molar-refractivity contribution is 5.67. The first-order valence-corrected chi connectivity index (χ1v) is 4.87. The summed E-state index contributed by atoms with van der Waals surface area (Å²) in [7, 11) is 0. The van der Waals surface area contributed by atoms with E-state index in [1.807, 2.05) is 6.92 Å². The zero-order valence-electron chi connectivity index (χ0n) is 8.88. The highest BCUT2D eigenvalue weighted by Crippen LogP contribution is 2.36. The van der Waals surface area contributed by atoms with Crippen LogP contribution in [0.4, 0.5) is 13.2 Å².